The van der Waals surface area contributed by atoms with Crippen molar-refractivity contribution in [1.82, 2.24) is 0 Å². The van der Waals surface area contributed by atoms with Gasteiger partial charge in [0.15, 0.2) is 0 Å². The zero-order chi connectivity index (χ0) is 16.3. The van der Waals surface area contributed by atoms with Gasteiger partial charge in [-0.25, -0.2) is 9.59 Å². The molecular formula is C12H20N2O7. The molecule has 0 saturated carbocycles. The van der Waals surface area contributed by atoms with Crippen molar-refractivity contribution in [3.05, 3.63) is 0 Å². The van der Waals surface area contributed by atoms with Crippen LogP contribution >= 0.6 is 0 Å². The summed E-state index contributed by atoms with van der Waals surface area (Å²) in [6.07, 6.45) is 0.679. The van der Waals surface area contributed by atoms with Gasteiger partial charge in [0.2, 0.25) is 0 Å². The lowest BCUT2D eigenvalue weighted by Crippen LogP contribution is -2.37. The molecule has 0 unspecified atom stereocenters. The number of unbranched alkanes of at least 4 members (excludes halogenated alkanes) is 2. The molecule has 0 spiro atoms. The quantitative estimate of drug-likeness (QED) is 0.347. The Balaban J connectivity index is 4.01. The van der Waals surface area contributed by atoms with Crippen molar-refractivity contribution < 1.29 is 33.4 Å². The van der Waals surface area contributed by atoms with Gasteiger partial charge in [-0.05, 0) is 6.42 Å². The first-order valence-corrected chi connectivity index (χ1v) is 6.48. The van der Waals surface area contributed by atoms with Crippen LogP contribution in [-0.2, 0) is 28.6 Å². The molecule has 0 rings (SSSR count). The van der Waals surface area contributed by atoms with Gasteiger partial charge in [-0.15, -0.1) is 0 Å². The van der Waals surface area contributed by atoms with Gasteiger partial charge in [0.25, 0.3) is 0 Å². The van der Waals surface area contributed by atoms with Gasteiger partial charge in [-0.1, -0.05) is 19.8 Å². The lowest BCUT2D eigenvalue weighted by molar-refractivity contribution is -0.160. The smallest absolute Gasteiger partial charge is 0.434 e. The van der Waals surface area contributed by atoms with Crippen molar-refractivity contribution in [1.29, 1.82) is 0 Å². The fourth-order valence-corrected chi connectivity index (χ4v) is 1.17. The number of carbonyl (C=O) groups excluding carboxylic acids is 4. The SMILES string of the molecule is CCCCCOC(=O)OC(=O)[C@@H](N)CC(=O)OC(=O)CN. The second-order valence-electron chi connectivity index (χ2n) is 4.09. The van der Waals surface area contributed by atoms with Crippen molar-refractivity contribution in [3.8, 4) is 0 Å². The van der Waals surface area contributed by atoms with Gasteiger partial charge >= 0.3 is 24.1 Å². The molecule has 0 saturated heterocycles. The summed E-state index contributed by atoms with van der Waals surface area (Å²) in [4.78, 5) is 44.4. The highest BCUT2D eigenvalue weighted by Gasteiger charge is 2.24. The molecule has 0 aliphatic rings. The Labute approximate surface area is 121 Å². The number of hydrogen-bond acceptors (Lipinski definition) is 9. The molecular weight excluding hydrogens is 284 g/mol. The highest BCUT2D eigenvalue weighted by Crippen LogP contribution is 1.99. The van der Waals surface area contributed by atoms with Crippen LogP contribution in [-0.4, -0.2) is 43.3 Å². The molecule has 21 heavy (non-hydrogen) atoms. The van der Waals surface area contributed by atoms with Crippen LogP contribution in [0.15, 0.2) is 0 Å². The van der Waals surface area contributed by atoms with Crippen LogP contribution in [0.1, 0.15) is 32.6 Å². The van der Waals surface area contributed by atoms with E-state index >= 15 is 0 Å². The zero-order valence-electron chi connectivity index (χ0n) is 11.8. The maximum atomic E-state index is 11.4. The van der Waals surface area contributed by atoms with Crippen molar-refractivity contribution >= 4 is 24.1 Å². The molecule has 0 aromatic heterocycles. The summed E-state index contributed by atoms with van der Waals surface area (Å²) in [5.41, 5.74) is 10.3. The van der Waals surface area contributed by atoms with Gasteiger partial charge in [-0.2, -0.15) is 0 Å². The molecule has 0 aromatic carbocycles. The number of carbonyl (C=O) groups is 4. The first-order valence-electron chi connectivity index (χ1n) is 6.48. The fraction of sp³-hybridized carbons (Fsp3) is 0.667. The molecule has 120 valence electrons. The van der Waals surface area contributed by atoms with E-state index in [2.05, 4.69) is 14.2 Å². The molecule has 0 fully saturated rings. The minimum Gasteiger partial charge on any atom is -0.434 e. The predicted octanol–water partition coefficient (Wildman–Crippen LogP) is -0.398. The number of ether oxygens (including phenoxy) is 3. The summed E-state index contributed by atoms with van der Waals surface area (Å²) in [5, 5.41) is 0. The number of esters is 3. The standard InChI is InChI=1S/C12H20N2O7/c1-2-3-4-5-19-12(18)21-11(17)8(14)6-9(15)20-10(16)7-13/h8H,2-7,13-14H2,1H3/t8-/m0/s1. The van der Waals surface area contributed by atoms with Crippen molar-refractivity contribution in [2.75, 3.05) is 13.2 Å². The fourth-order valence-electron chi connectivity index (χ4n) is 1.17. The molecule has 0 aromatic rings. The van der Waals surface area contributed by atoms with E-state index in [0.29, 0.717) is 6.42 Å². The second-order valence-corrected chi connectivity index (χ2v) is 4.09. The van der Waals surface area contributed by atoms with Crippen molar-refractivity contribution in [2.45, 2.75) is 38.6 Å². The van der Waals surface area contributed by atoms with Crippen LogP contribution in [0, 0.1) is 0 Å². The summed E-state index contributed by atoms with van der Waals surface area (Å²) < 4.78 is 13.1. The second kappa shape index (κ2) is 10.7. The van der Waals surface area contributed by atoms with E-state index in [0.717, 1.165) is 12.8 Å². The molecule has 0 aliphatic carbocycles. The first kappa shape index (κ1) is 19.0. The van der Waals surface area contributed by atoms with Gasteiger partial charge in [-0.3, -0.25) is 9.59 Å². The Morgan fingerprint density at radius 3 is 2.29 bits per heavy atom. The topological polar surface area (TPSA) is 148 Å². The lowest BCUT2D eigenvalue weighted by atomic mass is 10.2. The van der Waals surface area contributed by atoms with E-state index in [1.807, 2.05) is 6.92 Å². The van der Waals surface area contributed by atoms with E-state index in [4.69, 9.17) is 11.5 Å². The van der Waals surface area contributed by atoms with Gasteiger partial charge in [0, 0.05) is 0 Å². The van der Waals surface area contributed by atoms with Gasteiger partial charge in [0.1, 0.15) is 6.04 Å². The lowest BCUT2D eigenvalue weighted by Gasteiger charge is -2.09. The third-order valence-electron chi connectivity index (χ3n) is 2.24. The monoisotopic (exact) mass is 304 g/mol. The number of nitrogens with two attached hydrogens (primary N) is 2. The summed E-state index contributed by atoms with van der Waals surface area (Å²) in [6.45, 7) is 1.63. The van der Waals surface area contributed by atoms with Crippen molar-refractivity contribution in [2.24, 2.45) is 11.5 Å². The largest absolute Gasteiger partial charge is 0.516 e. The van der Waals surface area contributed by atoms with E-state index < -0.39 is 43.1 Å². The van der Waals surface area contributed by atoms with Crippen LogP contribution in [0.2, 0.25) is 0 Å². The van der Waals surface area contributed by atoms with E-state index in [1.165, 1.54) is 0 Å². The summed E-state index contributed by atoms with van der Waals surface area (Å²) in [5.74, 6) is -3.13. The Bertz CT molecular complexity index is 384. The average Bonchev–Trinajstić information content (AvgIpc) is 2.43. The average molecular weight is 304 g/mol. The first-order chi connectivity index (χ1) is 9.90. The molecule has 9 heteroatoms. The number of hydrogen-bond donors (Lipinski definition) is 2. The van der Waals surface area contributed by atoms with E-state index in [9.17, 15) is 19.2 Å². The van der Waals surface area contributed by atoms with Crippen LogP contribution in [0.4, 0.5) is 4.79 Å². The minimum atomic E-state index is -1.44. The molecule has 1 atom stereocenters. The summed E-state index contributed by atoms with van der Waals surface area (Å²) in [7, 11) is 0. The minimum absolute atomic E-state index is 0.127. The van der Waals surface area contributed by atoms with Crippen LogP contribution in [0.3, 0.4) is 0 Å². The zero-order valence-corrected chi connectivity index (χ0v) is 11.8. The van der Waals surface area contributed by atoms with Crippen LogP contribution < -0.4 is 11.5 Å². The van der Waals surface area contributed by atoms with Gasteiger partial charge < -0.3 is 25.7 Å². The summed E-state index contributed by atoms with van der Waals surface area (Å²) in [6, 6.07) is -1.44. The third-order valence-corrected chi connectivity index (χ3v) is 2.24. The molecule has 0 heterocycles. The normalized spacial score (nSPS) is 11.4. The van der Waals surface area contributed by atoms with E-state index in [1.54, 1.807) is 0 Å². The highest BCUT2D eigenvalue weighted by molar-refractivity contribution is 5.91. The molecule has 0 amide bonds. The molecule has 4 N–H and O–H groups in total. The van der Waals surface area contributed by atoms with Crippen LogP contribution in [0.25, 0.3) is 0 Å². The Morgan fingerprint density at radius 1 is 1.05 bits per heavy atom. The predicted molar refractivity (Wildman–Crippen MR) is 69.7 cm³/mol. The molecule has 0 radical (unpaired) electrons. The van der Waals surface area contributed by atoms with Gasteiger partial charge in [0.05, 0.1) is 19.6 Å². The Hall–Kier alpha value is -2.00. The van der Waals surface area contributed by atoms with Crippen molar-refractivity contribution in [3.63, 3.8) is 0 Å². The summed E-state index contributed by atoms with van der Waals surface area (Å²) >= 11 is 0. The van der Waals surface area contributed by atoms with E-state index in [-0.39, 0.29) is 6.61 Å². The Morgan fingerprint density at radius 2 is 1.71 bits per heavy atom. The highest BCUT2D eigenvalue weighted by atomic mass is 16.7. The third kappa shape index (κ3) is 9.52. The Kier molecular flexibility index (Phi) is 9.72. The maximum absolute atomic E-state index is 11.4. The molecule has 9 nitrogen and oxygen atoms in total. The molecule has 0 aliphatic heterocycles. The number of rotatable bonds is 8. The maximum Gasteiger partial charge on any atom is 0.516 e. The molecule has 0 bridgehead atoms. The van der Waals surface area contributed by atoms with Crippen LogP contribution in [0.5, 0.6) is 0 Å².